The molecule has 0 aromatic heterocycles. The Morgan fingerprint density at radius 3 is 2.54 bits per heavy atom. The van der Waals surface area contributed by atoms with Crippen LogP contribution in [-0.2, 0) is 0 Å². The van der Waals surface area contributed by atoms with E-state index in [1.54, 1.807) is 12.1 Å². The fourth-order valence-corrected chi connectivity index (χ4v) is 3.28. The molecule has 1 aromatic rings. The maximum absolute atomic E-state index is 12.9. The van der Waals surface area contributed by atoms with Crippen LogP contribution >= 0.6 is 0 Å². The van der Waals surface area contributed by atoms with E-state index < -0.39 is 0 Å². The Morgan fingerprint density at radius 2 is 1.92 bits per heavy atom. The molecule has 2 rings (SSSR count). The molecule has 0 bridgehead atoms. The third kappa shape index (κ3) is 6.34. The van der Waals surface area contributed by atoms with Crippen LogP contribution < -0.4 is 0 Å². The molecule has 134 valence electrons. The van der Waals surface area contributed by atoms with E-state index in [2.05, 4.69) is 36.6 Å². The van der Waals surface area contributed by atoms with Crippen LogP contribution in [0.5, 0.6) is 0 Å². The summed E-state index contributed by atoms with van der Waals surface area (Å²) < 4.78 is 12.9. The smallest absolute Gasteiger partial charge is 0.123 e. The Hall–Kier alpha value is -1.23. The average molecular weight is 334 g/mol. The molecule has 0 spiro atoms. The topological polar surface area (TPSA) is 26.7 Å². The first-order chi connectivity index (χ1) is 11.4. The monoisotopic (exact) mass is 334 g/mol. The number of nitrogens with zero attached hydrogens (tertiary/aromatic N) is 2. The quantitative estimate of drug-likeness (QED) is 0.865. The Kier molecular flexibility index (Phi) is 6.96. The number of hydrogen-bond acceptors (Lipinski definition) is 3. The van der Waals surface area contributed by atoms with Crippen LogP contribution in [0.1, 0.15) is 32.8 Å². The summed E-state index contributed by atoms with van der Waals surface area (Å²) in [6.07, 6.45) is 5.01. The molecule has 0 aliphatic carbocycles. The number of halogens is 1. The largest absolute Gasteiger partial charge is 0.396 e. The van der Waals surface area contributed by atoms with Gasteiger partial charge in [0.1, 0.15) is 5.82 Å². The van der Waals surface area contributed by atoms with Gasteiger partial charge in [-0.2, -0.15) is 0 Å². The summed E-state index contributed by atoms with van der Waals surface area (Å²) in [7, 11) is 0. The number of benzene rings is 1. The standard InChI is InChI=1S/C20H31FN2O/c1-20(2,3)16-23-13-12-22(15-19(23)10-14-24)11-4-5-17-6-8-18(21)9-7-17/h4-9,19,24H,10-16H2,1-3H3/b5-4+/t19-/m0/s1. The van der Waals surface area contributed by atoms with Gasteiger partial charge in [0.25, 0.3) is 0 Å². The van der Waals surface area contributed by atoms with E-state index in [0.717, 1.165) is 44.7 Å². The predicted octanol–water partition coefficient (Wildman–Crippen LogP) is 3.25. The van der Waals surface area contributed by atoms with Crippen LogP contribution in [-0.4, -0.2) is 60.3 Å². The summed E-state index contributed by atoms with van der Waals surface area (Å²) in [5, 5.41) is 9.38. The fraction of sp³-hybridized carbons (Fsp3) is 0.600. The summed E-state index contributed by atoms with van der Waals surface area (Å²) in [5.74, 6) is -0.200. The molecule has 1 atom stereocenters. The minimum Gasteiger partial charge on any atom is -0.396 e. The molecule has 1 N–H and O–H groups in total. The molecular formula is C20H31FN2O. The van der Waals surface area contributed by atoms with Gasteiger partial charge in [-0.1, -0.05) is 45.1 Å². The summed E-state index contributed by atoms with van der Waals surface area (Å²) in [5.41, 5.74) is 1.30. The Morgan fingerprint density at radius 1 is 1.21 bits per heavy atom. The maximum Gasteiger partial charge on any atom is 0.123 e. The van der Waals surface area contributed by atoms with Crippen molar-refractivity contribution in [1.29, 1.82) is 0 Å². The lowest BCUT2D eigenvalue weighted by Crippen LogP contribution is -2.55. The Bertz CT molecular complexity index is 521. The summed E-state index contributed by atoms with van der Waals surface area (Å²) in [6, 6.07) is 6.98. The highest BCUT2D eigenvalue weighted by Crippen LogP contribution is 2.21. The molecule has 0 unspecified atom stereocenters. The third-order valence-corrected chi connectivity index (χ3v) is 4.37. The number of hydrogen-bond donors (Lipinski definition) is 1. The molecule has 0 radical (unpaired) electrons. The van der Waals surface area contributed by atoms with Crippen molar-refractivity contribution < 1.29 is 9.50 Å². The van der Waals surface area contributed by atoms with Crippen LogP contribution in [0.15, 0.2) is 30.3 Å². The van der Waals surface area contributed by atoms with Crippen LogP contribution in [0.25, 0.3) is 6.08 Å². The number of piperazine rings is 1. The van der Waals surface area contributed by atoms with Crippen molar-refractivity contribution in [1.82, 2.24) is 9.80 Å². The minimum absolute atomic E-state index is 0.200. The van der Waals surface area contributed by atoms with Crippen LogP contribution in [0.4, 0.5) is 4.39 Å². The highest BCUT2D eigenvalue weighted by atomic mass is 19.1. The van der Waals surface area contributed by atoms with Gasteiger partial charge in [-0.15, -0.1) is 0 Å². The van der Waals surface area contributed by atoms with E-state index in [1.807, 2.05) is 6.08 Å². The minimum atomic E-state index is -0.200. The van der Waals surface area contributed by atoms with Gasteiger partial charge < -0.3 is 5.11 Å². The zero-order valence-corrected chi connectivity index (χ0v) is 15.2. The van der Waals surface area contributed by atoms with E-state index in [0.29, 0.717) is 6.04 Å². The molecular weight excluding hydrogens is 303 g/mol. The van der Waals surface area contributed by atoms with Gasteiger partial charge >= 0.3 is 0 Å². The fourth-order valence-electron chi connectivity index (χ4n) is 3.28. The van der Waals surface area contributed by atoms with Gasteiger partial charge in [0.15, 0.2) is 0 Å². The van der Waals surface area contributed by atoms with Gasteiger partial charge in [-0.25, -0.2) is 4.39 Å². The van der Waals surface area contributed by atoms with Gasteiger partial charge in [0.05, 0.1) is 0 Å². The molecule has 1 aliphatic heterocycles. The van der Waals surface area contributed by atoms with Crippen LogP contribution in [0.2, 0.25) is 0 Å². The lowest BCUT2D eigenvalue weighted by molar-refractivity contribution is 0.0420. The van der Waals surface area contributed by atoms with E-state index in [4.69, 9.17) is 0 Å². The highest BCUT2D eigenvalue weighted by Gasteiger charge is 2.28. The van der Waals surface area contributed by atoms with Crippen molar-refractivity contribution in [2.45, 2.75) is 33.2 Å². The van der Waals surface area contributed by atoms with Crippen molar-refractivity contribution in [3.05, 3.63) is 41.7 Å². The zero-order chi connectivity index (χ0) is 17.6. The lowest BCUT2D eigenvalue weighted by atomic mass is 9.94. The Labute approximate surface area is 145 Å². The van der Waals surface area contributed by atoms with Gasteiger partial charge in [0.2, 0.25) is 0 Å². The zero-order valence-electron chi connectivity index (χ0n) is 15.2. The SMILES string of the molecule is CC(C)(C)CN1CCN(C/C=C/c2ccc(F)cc2)C[C@@H]1CCO. The molecule has 1 aromatic carbocycles. The van der Waals surface area contributed by atoms with Crippen molar-refractivity contribution in [3.8, 4) is 0 Å². The first-order valence-corrected chi connectivity index (χ1v) is 8.87. The van der Waals surface area contributed by atoms with Gasteiger partial charge in [-0.3, -0.25) is 9.80 Å². The van der Waals surface area contributed by atoms with Crippen molar-refractivity contribution in [2.24, 2.45) is 5.41 Å². The molecule has 1 saturated heterocycles. The molecule has 1 heterocycles. The van der Waals surface area contributed by atoms with Crippen LogP contribution in [0.3, 0.4) is 0 Å². The summed E-state index contributed by atoms with van der Waals surface area (Å²) >= 11 is 0. The molecule has 0 saturated carbocycles. The van der Waals surface area contributed by atoms with Crippen molar-refractivity contribution >= 4 is 6.08 Å². The molecule has 4 heteroatoms. The van der Waals surface area contributed by atoms with E-state index in [9.17, 15) is 9.50 Å². The lowest BCUT2D eigenvalue weighted by Gasteiger charge is -2.43. The number of aliphatic hydroxyl groups is 1. The van der Waals surface area contributed by atoms with E-state index in [-0.39, 0.29) is 17.8 Å². The Balaban J connectivity index is 1.87. The highest BCUT2D eigenvalue weighted by molar-refractivity contribution is 5.48. The second-order valence-corrected chi connectivity index (χ2v) is 7.91. The number of aliphatic hydroxyl groups excluding tert-OH is 1. The second-order valence-electron chi connectivity index (χ2n) is 7.91. The first-order valence-electron chi connectivity index (χ1n) is 8.87. The van der Waals surface area contributed by atoms with E-state index >= 15 is 0 Å². The third-order valence-electron chi connectivity index (χ3n) is 4.37. The van der Waals surface area contributed by atoms with E-state index in [1.165, 1.54) is 12.1 Å². The molecule has 3 nitrogen and oxygen atoms in total. The normalized spacial score (nSPS) is 20.8. The van der Waals surface area contributed by atoms with Crippen molar-refractivity contribution in [2.75, 3.05) is 39.3 Å². The predicted molar refractivity (Wildman–Crippen MR) is 98.4 cm³/mol. The molecule has 1 aliphatic rings. The van der Waals surface area contributed by atoms with Gasteiger partial charge in [0, 0.05) is 45.4 Å². The average Bonchev–Trinajstić information content (AvgIpc) is 2.51. The molecule has 0 amide bonds. The molecule has 24 heavy (non-hydrogen) atoms. The summed E-state index contributed by atoms with van der Waals surface area (Å²) in [6.45, 7) is 12.1. The second kappa shape index (κ2) is 8.75. The van der Waals surface area contributed by atoms with Crippen molar-refractivity contribution in [3.63, 3.8) is 0 Å². The maximum atomic E-state index is 12.9. The molecule has 1 fully saturated rings. The first kappa shape index (κ1) is 19.1. The number of rotatable bonds is 6. The van der Waals surface area contributed by atoms with Crippen LogP contribution in [0, 0.1) is 11.2 Å². The summed E-state index contributed by atoms with van der Waals surface area (Å²) in [4.78, 5) is 4.95. The van der Waals surface area contributed by atoms with Gasteiger partial charge in [-0.05, 0) is 29.5 Å².